The van der Waals surface area contributed by atoms with Crippen molar-refractivity contribution in [1.29, 1.82) is 0 Å². The molecule has 1 aromatic heterocycles. The first-order valence-electron chi connectivity index (χ1n) is 7.41. The van der Waals surface area contributed by atoms with Crippen LogP contribution in [0.4, 0.5) is 0 Å². The zero-order valence-electron chi connectivity index (χ0n) is 12.6. The van der Waals surface area contributed by atoms with E-state index in [1.807, 2.05) is 66.9 Å². The van der Waals surface area contributed by atoms with E-state index in [-0.39, 0.29) is 0 Å². The molecule has 0 unspecified atom stereocenters. The Morgan fingerprint density at radius 1 is 1.09 bits per heavy atom. The van der Waals surface area contributed by atoms with Crippen molar-refractivity contribution in [2.24, 2.45) is 5.73 Å². The van der Waals surface area contributed by atoms with Crippen LogP contribution >= 0.6 is 0 Å². The fourth-order valence-electron chi connectivity index (χ4n) is 2.54. The molecule has 0 fully saturated rings. The van der Waals surface area contributed by atoms with Gasteiger partial charge in [0, 0.05) is 18.9 Å². The van der Waals surface area contributed by atoms with Gasteiger partial charge in [-0.2, -0.15) is 5.10 Å². The third-order valence-corrected chi connectivity index (χ3v) is 3.66. The fourth-order valence-corrected chi connectivity index (χ4v) is 2.54. The first-order valence-corrected chi connectivity index (χ1v) is 7.41. The molecule has 0 aliphatic heterocycles. The van der Waals surface area contributed by atoms with Crippen molar-refractivity contribution in [3.05, 3.63) is 84.2 Å². The van der Waals surface area contributed by atoms with Crippen molar-refractivity contribution in [3.63, 3.8) is 0 Å². The molecule has 3 rings (SSSR count). The summed E-state index contributed by atoms with van der Waals surface area (Å²) >= 11 is 0. The van der Waals surface area contributed by atoms with Gasteiger partial charge in [0.25, 0.3) is 0 Å². The van der Waals surface area contributed by atoms with Crippen LogP contribution in [0.2, 0.25) is 0 Å². The van der Waals surface area contributed by atoms with Crippen LogP contribution in [-0.2, 0) is 11.3 Å². The number of amides is 1. The number of nitrogens with two attached hydrogens (primary N) is 1. The number of para-hydroxylation sites is 1. The Morgan fingerprint density at radius 3 is 2.52 bits per heavy atom. The molecule has 0 saturated heterocycles. The number of carbonyl (C=O) groups excluding carboxylic acids is 1. The van der Waals surface area contributed by atoms with E-state index in [0.29, 0.717) is 6.54 Å². The second-order valence-electron chi connectivity index (χ2n) is 5.21. The summed E-state index contributed by atoms with van der Waals surface area (Å²) in [5, 5.41) is 7.50. The maximum absolute atomic E-state index is 11.8. The van der Waals surface area contributed by atoms with Crippen LogP contribution in [0.25, 0.3) is 5.69 Å². The Labute approximate surface area is 134 Å². The Bertz CT molecular complexity index is 769. The van der Waals surface area contributed by atoms with E-state index in [1.165, 1.54) is 0 Å². The highest BCUT2D eigenvalue weighted by molar-refractivity contribution is 5.81. The molecule has 1 heterocycles. The molecule has 0 bridgehead atoms. The number of primary amides is 1. The van der Waals surface area contributed by atoms with Crippen molar-refractivity contribution in [3.8, 4) is 5.69 Å². The van der Waals surface area contributed by atoms with E-state index in [4.69, 9.17) is 5.73 Å². The highest BCUT2D eigenvalue weighted by Crippen LogP contribution is 2.17. The van der Waals surface area contributed by atoms with Gasteiger partial charge in [-0.15, -0.1) is 0 Å². The zero-order chi connectivity index (χ0) is 16.1. The number of benzene rings is 2. The molecule has 0 spiro atoms. The number of aromatic nitrogens is 2. The minimum atomic E-state index is -0.526. The second-order valence-corrected chi connectivity index (χ2v) is 5.21. The highest BCUT2D eigenvalue weighted by atomic mass is 16.1. The zero-order valence-corrected chi connectivity index (χ0v) is 12.6. The lowest BCUT2D eigenvalue weighted by Crippen LogP contribution is -2.33. The van der Waals surface area contributed by atoms with Gasteiger partial charge in [-0.3, -0.25) is 10.1 Å². The quantitative estimate of drug-likeness (QED) is 0.733. The lowest BCUT2D eigenvalue weighted by atomic mass is 10.1. The second kappa shape index (κ2) is 6.89. The molecular formula is C18H18N4O. The van der Waals surface area contributed by atoms with Gasteiger partial charge in [0.15, 0.2) is 0 Å². The van der Waals surface area contributed by atoms with Gasteiger partial charge >= 0.3 is 0 Å². The summed E-state index contributed by atoms with van der Waals surface area (Å²) in [6.07, 6.45) is 3.63. The predicted octanol–water partition coefficient (Wildman–Crippen LogP) is 2.19. The first kappa shape index (κ1) is 15.0. The summed E-state index contributed by atoms with van der Waals surface area (Å²) in [6, 6.07) is 18.8. The lowest BCUT2D eigenvalue weighted by molar-refractivity contribution is -0.120. The molecule has 0 saturated carbocycles. The number of hydrogen-bond acceptors (Lipinski definition) is 3. The van der Waals surface area contributed by atoms with E-state index in [0.717, 1.165) is 16.8 Å². The molecule has 5 heteroatoms. The fraction of sp³-hybridized carbons (Fsp3) is 0.111. The van der Waals surface area contributed by atoms with Crippen LogP contribution in [0.1, 0.15) is 17.2 Å². The summed E-state index contributed by atoms with van der Waals surface area (Å²) in [4.78, 5) is 11.8. The van der Waals surface area contributed by atoms with Gasteiger partial charge in [0.2, 0.25) is 5.91 Å². The Balaban J connectivity index is 1.81. The standard InChI is InChI=1S/C18H18N4O/c19-18(23)17(14-7-2-1-3-8-14)20-13-15-9-4-5-10-16(15)22-12-6-11-21-22/h1-12,17,20H,13H2,(H2,19,23)/t17-/m0/s1. The van der Waals surface area contributed by atoms with Crippen LogP contribution in [0.15, 0.2) is 73.1 Å². The molecule has 116 valence electrons. The predicted molar refractivity (Wildman–Crippen MR) is 88.8 cm³/mol. The number of nitrogens with one attached hydrogen (secondary N) is 1. The highest BCUT2D eigenvalue weighted by Gasteiger charge is 2.17. The molecule has 0 aliphatic carbocycles. The SMILES string of the molecule is NC(=O)[C@@H](NCc1ccccc1-n1cccn1)c1ccccc1. The van der Waals surface area contributed by atoms with Crippen molar-refractivity contribution < 1.29 is 4.79 Å². The topological polar surface area (TPSA) is 72.9 Å². The van der Waals surface area contributed by atoms with Gasteiger partial charge in [-0.05, 0) is 23.3 Å². The van der Waals surface area contributed by atoms with Gasteiger partial charge in [-0.25, -0.2) is 4.68 Å². The average Bonchev–Trinajstić information content (AvgIpc) is 3.10. The van der Waals surface area contributed by atoms with Crippen LogP contribution in [0.5, 0.6) is 0 Å². The van der Waals surface area contributed by atoms with Crippen LogP contribution in [-0.4, -0.2) is 15.7 Å². The summed E-state index contributed by atoms with van der Waals surface area (Å²) in [5.74, 6) is -0.396. The van der Waals surface area contributed by atoms with Crippen molar-refractivity contribution in [1.82, 2.24) is 15.1 Å². The first-order chi connectivity index (χ1) is 11.3. The normalized spacial score (nSPS) is 12.0. The molecule has 23 heavy (non-hydrogen) atoms. The third-order valence-electron chi connectivity index (χ3n) is 3.66. The number of rotatable bonds is 6. The van der Waals surface area contributed by atoms with E-state index in [9.17, 15) is 4.79 Å². The van der Waals surface area contributed by atoms with E-state index < -0.39 is 11.9 Å². The molecule has 5 nitrogen and oxygen atoms in total. The monoisotopic (exact) mass is 306 g/mol. The maximum atomic E-state index is 11.8. The van der Waals surface area contributed by atoms with E-state index in [1.54, 1.807) is 10.9 Å². The molecule has 1 atom stereocenters. The van der Waals surface area contributed by atoms with Gasteiger partial charge < -0.3 is 5.73 Å². The van der Waals surface area contributed by atoms with Crippen LogP contribution in [0, 0.1) is 0 Å². The molecular weight excluding hydrogens is 288 g/mol. The van der Waals surface area contributed by atoms with Gasteiger partial charge in [0.1, 0.15) is 6.04 Å². The summed E-state index contributed by atoms with van der Waals surface area (Å²) in [5.41, 5.74) is 8.42. The molecule has 0 aliphatic rings. The molecule has 3 aromatic rings. The van der Waals surface area contributed by atoms with Gasteiger partial charge in [-0.1, -0.05) is 48.5 Å². The minimum absolute atomic E-state index is 0.396. The van der Waals surface area contributed by atoms with Crippen LogP contribution in [0.3, 0.4) is 0 Å². The average molecular weight is 306 g/mol. The van der Waals surface area contributed by atoms with E-state index in [2.05, 4.69) is 10.4 Å². The Kier molecular flexibility index (Phi) is 4.49. The van der Waals surface area contributed by atoms with Crippen molar-refractivity contribution in [2.45, 2.75) is 12.6 Å². The lowest BCUT2D eigenvalue weighted by Gasteiger charge is -2.17. The number of nitrogens with zero attached hydrogens (tertiary/aromatic N) is 2. The van der Waals surface area contributed by atoms with Crippen molar-refractivity contribution >= 4 is 5.91 Å². The van der Waals surface area contributed by atoms with Gasteiger partial charge in [0.05, 0.1) is 5.69 Å². The Hall–Kier alpha value is -2.92. The molecule has 2 aromatic carbocycles. The maximum Gasteiger partial charge on any atom is 0.239 e. The largest absolute Gasteiger partial charge is 0.368 e. The third kappa shape index (κ3) is 3.46. The van der Waals surface area contributed by atoms with E-state index >= 15 is 0 Å². The van der Waals surface area contributed by atoms with Crippen molar-refractivity contribution in [2.75, 3.05) is 0 Å². The summed E-state index contributed by atoms with van der Waals surface area (Å²) in [7, 11) is 0. The minimum Gasteiger partial charge on any atom is -0.368 e. The molecule has 0 radical (unpaired) electrons. The van der Waals surface area contributed by atoms with Crippen LogP contribution < -0.4 is 11.1 Å². The Morgan fingerprint density at radius 2 is 1.83 bits per heavy atom. The number of carbonyl (C=O) groups is 1. The summed E-state index contributed by atoms with van der Waals surface area (Å²) < 4.78 is 1.80. The summed E-state index contributed by atoms with van der Waals surface area (Å²) in [6.45, 7) is 0.512. The smallest absolute Gasteiger partial charge is 0.239 e. The molecule has 3 N–H and O–H groups in total. The number of hydrogen-bond donors (Lipinski definition) is 2. The molecule has 1 amide bonds.